The summed E-state index contributed by atoms with van der Waals surface area (Å²) in [6.07, 6.45) is 15.0. The van der Waals surface area contributed by atoms with E-state index < -0.39 is 11.9 Å². The summed E-state index contributed by atoms with van der Waals surface area (Å²) < 4.78 is 10.7. The molecule has 1 aromatic carbocycles. The second kappa shape index (κ2) is 17.1. The molecule has 0 aromatic heterocycles. The largest absolute Gasteiger partial charge is 0.462 e. The van der Waals surface area contributed by atoms with Gasteiger partial charge in [0.2, 0.25) is 0 Å². The molecule has 0 amide bonds. The first-order valence-electron chi connectivity index (χ1n) is 11.6. The van der Waals surface area contributed by atoms with Gasteiger partial charge in [-0.3, -0.25) is 0 Å². The maximum atomic E-state index is 12.4. The van der Waals surface area contributed by atoms with Crippen molar-refractivity contribution in [2.24, 2.45) is 0 Å². The zero-order valence-electron chi connectivity index (χ0n) is 18.5. The molecular weight excluding hydrogens is 364 g/mol. The number of esters is 2. The van der Waals surface area contributed by atoms with E-state index >= 15 is 0 Å². The first-order valence-corrected chi connectivity index (χ1v) is 11.6. The number of carbonyl (C=O) groups is 2. The minimum absolute atomic E-state index is 0.294. The van der Waals surface area contributed by atoms with Crippen LogP contribution in [0.3, 0.4) is 0 Å². The summed E-state index contributed by atoms with van der Waals surface area (Å²) in [7, 11) is 0. The molecule has 164 valence electrons. The lowest BCUT2D eigenvalue weighted by molar-refractivity contribution is 0.0450. The minimum atomic E-state index is -0.444. The standard InChI is InChI=1S/C25H40O4/c1-3-5-7-9-10-11-13-17-21-29-25(27)23-19-15-14-18-22(23)24(26)28-20-16-12-8-6-4-2/h14-15,18-19H,3-13,16-17,20-21H2,1-2H3. The number of benzene rings is 1. The van der Waals surface area contributed by atoms with Gasteiger partial charge in [-0.25, -0.2) is 9.59 Å². The third-order valence-corrected chi connectivity index (χ3v) is 5.08. The van der Waals surface area contributed by atoms with Gasteiger partial charge in [-0.1, -0.05) is 96.6 Å². The van der Waals surface area contributed by atoms with Crippen LogP contribution in [0.25, 0.3) is 0 Å². The molecule has 4 heteroatoms. The van der Waals surface area contributed by atoms with Crippen LogP contribution in [0.1, 0.15) is 118 Å². The molecule has 4 nitrogen and oxygen atoms in total. The van der Waals surface area contributed by atoms with Crippen molar-refractivity contribution in [2.45, 2.75) is 97.3 Å². The molecule has 29 heavy (non-hydrogen) atoms. The summed E-state index contributed by atoms with van der Waals surface area (Å²) in [6.45, 7) is 5.18. The molecular formula is C25H40O4. The topological polar surface area (TPSA) is 52.6 Å². The van der Waals surface area contributed by atoms with E-state index in [1.807, 2.05) is 0 Å². The maximum Gasteiger partial charge on any atom is 0.339 e. The van der Waals surface area contributed by atoms with Gasteiger partial charge in [0, 0.05) is 0 Å². The number of carbonyl (C=O) groups excluding carboxylic acids is 2. The Kier molecular flexibility index (Phi) is 14.8. The number of ether oxygens (including phenoxy) is 2. The molecule has 0 unspecified atom stereocenters. The smallest absolute Gasteiger partial charge is 0.339 e. The lowest BCUT2D eigenvalue weighted by Crippen LogP contribution is -2.15. The highest BCUT2D eigenvalue weighted by atomic mass is 16.5. The zero-order valence-corrected chi connectivity index (χ0v) is 18.5. The van der Waals surface area contributed by atoms with Gasteiger partial charge in [-0.05, 0) is 25.0 Å². The number of hydrogen-bond acceptors (Lipinski definition) is 4. The number of rotatable bonds is 17. The van der Waals surface area contributed by atoms with Crippen molar-refractivity contribution in [1.29, 1.82) is 0 Å². The Balaban J connectivity index is 2.30. The molecule has 0 bridgehead atoms. The van der Waals surface area contributed by atoms with Crippen LogP contribution in [0.5, 0.6) is 0 Å². The van der Waals surface area contributed by atoms with Gasteiger partial charge in [0.25, 0.3) is 0 Å². The SMILES string of the molecule is CCCCCCCCCCOC(=O)c1ccccc1C(=O)OCCCCCCC. The van der Waals surface area contributed by atoms with Crippen LogP contribution in [-0.2, 0) is 9.47 Å². The van der Waals surface area contributed by atoms with Crippen LogP contribution in [0.15, 0.2) is 24.3 Å². The fourth-order valence-corrected chi connectivity index (χ4v) is 3.27. The van der Waals surface area contributed by atoms with Crippen molar-refractivity contribution in [3.8, 4) is 0 Å². The average Bonchev–Trinajstić information content (AvgIpc) is 2.74. The molecule has 0 atom stereocenters. The van der Waals surface area contributed by atoms with Crippen molar-refractivity contribution in [1.82, 2.24) is 0 Å². The first kappa shape index (κ1) is 25.2. The highest BCUT2D eigenvalue weighted by molar-refractivity contribution is 6.03. The quantitative estimate of drug-likeness (QED) is 0.205. The highest BCUT2D eigenvalue weighted by Gasteiger charge is 2.18. The third-order valence-electron chi connectivity index (χ3n) is 5.08. The molecule has 0 aliphatic heterocycles. The monoisotopic (exact) mass is 404 g/mol. The lowest BCUT2D eigenvalue weighted by Gasteiger charge is -2.10. The second-order valence-electron chi connectivity index (χ2n) is 7.71. The first-order chi connectivity index (χ1) is 14.2. The Morgan fingerprint density at radius 1 is 0.586 bits per heavy atom. The van der Waals surface area contributed by atoms with E-state index in [9.17, 15) is 9.59 Å². The molecule has 0 heterocycles. The van der Waals surface area contributed by atoms with E-state index in [1.165, 1.54) is 51.4 Å². The summed E-state index contributed by atoms with van der Waals surface area (Å²) in [6, 6.07) is 6.75. The van der Waals surface area contributed by atoms with Crippen molar-refractivity contribution >= 4 is 11.9 Å². The van der Waals surface area contributed by atoms with Crippen LogP contribution >= 0.6 is 0 Å². The molecule has 0 N–H and O–H groups in total. The predicted molar refractivity (Wildman–Crippen MR) is 118 cm³/mol. The summed E-state index contributed by atoms with van der Waals surface area (Å²) in [5, 5.41) is 0. The van der Waals surface area contributed by atoms with Crippen LogP contribution in [0, 0.1) is 0 Å². The molecule has 0 aliphatic carbocycles. The summed E-state index contributed by atoms with van der Waals surface area (Å²) in [5.74, 6) is -0.886. The summed E-state index contributed by atoms with van der Waals surface area (Å²) in [5.41, 5.74) is 0.588. The molecule has 0 fully saturated rings. The van der Waals surface area contributed by atoms with Gasteiger partial charge in [0.15, 0.2) is 0 Å². The molecule has 0 saturated carbocycles. The third kappa shape index (κ3) is 11.7. The van der Waals surface area contributed by atoms with Crippen LogP contribution < -0.4 is 0 Å². The summed E-state index contributed by atoms with van der Waals surface area (Å²) >= 11 is 0. The van der Waals surface area contributed by atoms with Crippen molar-refractivity contribution in [3.63, 3.8) is 0 Å². The van der Waals surface area contributed by atoms with Crippen LogP contribution in [-0.4, -0.2) is 25.2 Å². The van der Waals surface area contributed by atoms with Gasteiger partial charge in [-0.15, -0.1) is 0 Å². The van der Waals surface area contributed by atoms with Gasteiger partial charge in [0.05, 0.1) is 24.3 Å². The van der Waals surface area contributed by atoms with E-state index in [-0.39, 0.29) is 0 Å². The molecule has 0 saturated heterocycles. The van der Waals surface area contributed by atoms with Gasteiger partial charge >= 0.3 is 11.9 Å². The van der Waals surface area contributed by atoms with E-state index in [1.54, 1.807) is 24.3 Å². The van der Waals surface area contributed by atoms with Crippen LogP contribution in [0.2, 0.25) is 0 Å². The predicted octanol–water partition coefficient (Wildman–Crippen LogP) is 7.11. The Hall–Kier alpha value is -1.84. The Morgan fingerprint density at radius 2 is 0.931 bits per heavy atom. The number of unbranched alkanes of at least 4 members (excludes halogenated alkanes) is 11. The van der Waals surface area contributed by atoms with Crippen LogP contribution in [0.4, 0.5) is 0 Å². The summed E-state index contributed by atoms with van der Waals surface area (Å²) in [4.78, 5) is 24.7. The van der Waals surface area contributed by atoms with E-state index in [0.717, 1.165) is 32.1 Å². The minimum Gasteiger partial charge on any atom is -0.462 e. The molecule has 0 radical (unpaired) electrons. The normalized spacial score (nSPS) is 10.7. The highest BCUT2D eigenvalue weighted by Crippen LogP contribution is 2.14. The number of hydrogen-bond donors (Lipinski definition) is 0. The average molecular weight is 405 g/mol. The van der Waals surface area contributed by atoms with E-state index in [2.05, 4.69) is 13.8 Å². The Bertz CT molecular complexity index is 568. The molecule has 1 aromatic rings. The molecule has 0 spiro atoms. The fraction of sp³-hybridized carbons (Fsp3) is 0.680. The Morgan fingerprint density at radius 3 is 1.31 bits per heavy atom. The van der Waals surface area contributed by atoms with E-state index in [0.29, 0.717) is 24.3 Å². The lowest BCUT2D eigenvalue weighted by atomic mass is 10.1. The van der Waals surface area contributed by atoms with Crippen molar-refractivity contribution in [3.05, 3.63) is 35.4 Å². The zero-order chi connectivity index (χ0) is 21.2. The van der Waals surface area contributed by atoms with E-state index in [4.69, 9.17) is 9.47 Å². The second-order valence-corrected chi connectivity index (χ2v) is 7.71. The molecule has 1 rings (SSSR count). The van der Waals surface area contributed by atoms with Gasteiger partial charge in [-0.2, -0.15) is 0 Å². The molecule has 0 aliphatic rings. The maximum absolute atomic E-state index is 12.4. The van der Waals surface area contributed by atoms with Gasteiger partial charge in [0.1, 0.15) is 0 Å². The van der Waals surface area contributed by atoms with Crippen molar-refractivity contribution < 1.29 is 19.1 Å². The van der Waals surface area contributed by atoms with Gasteiger partial charge < -0.3 is 9.47 Å². The van der Waals surface area contributed by atoms with Crippen molar-refractivity contribution in [2.75, 3.05) is 13.2 Å². The fourth-order valence-electron chi connectivity index (χ4n) is 3.27. The Labute approximate surface area is 177 Å².